The van der Waals surface area contributed by atoms with E-state index in [9.17, 15) is 4.79 Å². The van der Waals surface area contributed by atoms with Crippen LogP contribution >= 0.6 is 50.1 Å². The van der Waals surface area contributed by atoms with Gasteiger partial charge in [-0.05, 0) is 72.3 Å². The zero-order valence-corrected chi connectivity index (χ0v) is 18.7. The molecule has 2 heterocycles. The normalized spacial score (nSPS) is 12.4. The molecule has 1 N–H and O–H groups in total. The van der Waals surface area contributed by atoms with Crippen molar-refractivity contribution in [2.75, 3.05) is 0 Å². The van der Waals surface area contributed by atoms with Crippen molar-refractivity contribution in [3.05, 3.63) is 25.0 Å². The van der Waals surface area contributed by atoms with Crippen molar-refractivity contribution in [3.8, 4) is 11.8 Å². The smallest absolute Gasteiger partial charge is 0.408 e. The Morgan fingerprint density at radius 3 is 2.84 bits per heavy atom. The molecule has 0 aromatic carbocycles. The molecule has 0 fully saturated rings. The Morgan fingerprint density at radius 1 is 1.56 bits per heavy atom. The van der Waals surface area contributed by atoms with Gasteiger partial charge < -0.3 is 14.5 Å². The highest BCUT2D eigenvalue weighted by Gasteiger charge is 2.22. The number of aromatic nitrogens is 1. The molecule has 5 nitrogen and oxygen atoms in total. The van der Waals surface area contributed by atoms with Crippen molar-refractivity contribution in [1.29, 1.82) is 0 Å². The van der Waals surface area contributed by atoms with E-state index in [0.29, 0.717) is 32.9 Å². The van der Waals surface area contributed by atoms with E-state index in [2.05, 4.69) is 60.7 Å². The minimum Gasteiger partial charge on any atom is -0.457 e. The molecule has 134 valence electrons. The van der Waals surface area contributed by atoms with Gasteiger partial charge in [-0.3, -0.25) is 0 Å². The molecule has 8 heteroatoms. The molecule has 2 rings (SSSR count). The maximum atomic E-state index is 12.0. The fourth-order valence-electron chi connectivity index (χ4n) is 2.10. The van der Waals surface area contributed by atoms with Gasteiger partial charge in [-0.15, -0.1) is 5.92 Å². The van der Waals surface area contributed by atoms with Crippen LogP contribution in [0.2, 0.25) is 5.15 Å². The number of rotatable bonds is 3. The fourth-order valence-corrected chi connectivity index (χ4v) is 3.65. The number of hydrogen-bond donors (Lipinski definition) is 1. The maximum absolute atomic E-state index is 12.0. The first kappa shape index (κ1) is 20.3. The van der Waals surface area contributed by atoms with Gasteiger partial charge in [0.1, 0.15) is 28.1 Å². The van der Waals surface area contributed by atoms with E-state index >= 15 is 0 Å². The molecule has 2 aromatic rings. The van der Waals surface area contributed by atoms with Gasteiger partial charge in [0.2, 0.25) is 0 Å². The number of hydrogen-bond acceptors (Lipinski definition) is 4. The molecule has 0 aliphatic carbocycles. The van der Waals surface area contributed by atoms with Crippen molar-refractivity contribution in [3.63, 3.8) is 0 Å². The third kappa shape index (κ3) is 5.50. The molecule has 0 spiro atoms. The number of nitrogens with zero attached hydrogens (tertiary/aromatic N) is 1. The summed E-state index contributed by atoms with van der Waals surface area (Å²) >= 11 is 11.7. The van der Waals surface area contributed by atoms with Gasteiger partial charge in [-0.1, -0.05) is 17.5 Å². The largest absolute Gasteiger partial charge is 0.457 e. The summed E-state index contributed by atoms with van der Waals surface area (Å²) in [6, 6.07) is 1.27. The zero-order valence-electron chi connectivity index (χ0n) is 14.2. The Morgan fingerprint density at radius 2 is 2.24 bits per heavy atom. The highest BCUT2D eigenvalue weighted by Crippen LogP contribution is 2.34. The monoisotopic (exact) mass is 538 g/mol. The number of pyridine rings is 1. The van der Waals surface area contributed by atoms with E-state index in [4.69, 9.17) is 20.8 Å². The lowest BCUT2D eigenvalue weighted by molar-refractivity contribution is 0.0515. The summed E-state index contributed by atoms with van der Waals surface area (Å²) in [5.41, 5.74) is 0.713. The first-order valence-electron chi connectivity index (χ1n) is 7.45. The molecule has 0 bridgehead atoms. The average molecular weight is 540 g/mol. The van der Waals surface area contributed by atoms with E-state index in [1.54, 1.807) is 33.8 Å². The summed E-state index contributed by atoms with van der Waals surface area (Å²) in [5, 5.41) is 3.15. The Kier molecular flexibility index (Phi) is 6.62. The summed E-state index contributed by atoms with van der Waals surface area (Å²) in [5.74, 6) is 6.40. The highest BCUT2D eigenvalue weighted by molar-refractivity contribution is 14.1. The molecule has 0 aliphatic rings. The summed E-state index contributed by atoms with van der Waals surface area (Å²) in [7, 11) is 0. The third-order valence-corrected chi connectivity index (χ3v) is 4.79. The Bertz CT molecular complexity index is 865. The maximum Gasteiger partial charge on any atom is 0.408 e. The van der Waals surface area contributed by atoms with Crippen molar-refractivity contribution < 1.29 is 13.9 Å². The number of alkyl carbamates (subject to hydrolysis) is 1. The van der Waals surface area contributed by atoms with Gasteiger partial charge in [-0.2, -0.15) is 0 Å². The minimum absolute atomic E-state index is 0.366. The van der Waals surface area contributed by atoms with E-state index in [-0.39, 0.29) is 0 Å². The van der Waals surface area contributed by atoms with Crippen LogP contribution in [-0.2, 0) is 11.2 Å². The summed E-state index contributed by atoms with van der Waals surface area (Å²) < 4.78 is 12.8. The third-order valence-electron chi connectivity index (χ3n) is 2.97. The molecule has 0 radical (unpaired) electrons. The fraction of sp³-hybridized carbons (Fsp3) is 0.412. The number of halogens is 3. The van der Waals surface area contributed by atoms with Gasteiger partial charge in [-0.25, -0.2) is 9.78 Å². The first-order valence-corrected chi connectivity index (χ1v) is 9.70. The predicted octanol–water partition coefficient (Wildman–Crippen LogP) is 5.31. The summed E-state index contributed by atoms with van der Waals surface area (Å²) in [4.78, 5) is 16.3. The molecule has 1 atom stereocenters. The van der Waals surface area contributed by atoms with E-state index in [1.807, 2.05) is 0 Å². The average Bonchev–Trinajstić information content (AvgIpc) is 2.75. The number of fused-ring (bicyclic) bond motifs is 1. The van der Waals surface area contributed by atoms with Gasteiger partial charge in [0.15, 0.2) is 5.58 Å². The summed E-state index contributed by atoms with van der Waals surface area (Å²) in [6.45, 7) is 7.13. The quantitative estimate of drug-likeness (QED) is 0.326. The molecule has 25 heavy (non-hydrogen) atoms. The van der Waals surface area contributed by atoms with Crippen LogP contribution in [-0.4, -0.2) is 22.7 Å². The van der Waals surface area contributed by atoms with Crippen LogP contribution in [0.4, 0.5) is 4.79 Å². The van der Waals surface area contributed by atoms with Crippen LogP contribution in [0, 0.1) is 15.4 Å². The van der Waals surface area contributed by atoms with E-state index in [0.717, 1.165) is 3.57 Å². The standard InChI is InChI=1S/C17H17BrClIN2O3/c1-5-6-9(21-16(23)25-17(2,3)4)7-11-13(18)14-15(24-11)10(20)8-12(19)22-14/h8-9H,7H2,1-4H3,(H,21,23). The first-order chi connectivity index (χ1) is 11.6. The minimum atomic E-state index is -0.578. The van der Waals surface area contributed by atoms with E-state index in [1.165, 1.54) is 0 Å². The second kappa shape index (κ2) is 8.14. The van der Waals surface area contributed by atoms with Crippen LogP contribution in [0.5, 0.6) is 0 Å². The highest BCUT2D eigenvalue weighted by atomic mass is 127. The van der Waals surface area contributed by atoms with Crippen LogP contribution < -0.4 is 5.32 Å². The topological polar surface area (TPSA) is 64.4 Å². The van der Waals surface area contributed by atoms with Crippen molar-refractivity contribution in [1.82, 2.24) is 10.3 Å². The zero-order chi connectivity index (χ0) is 18.8. The van der Waals surface area contributed by atoms with Crippen LogP contribution in [0.15, 0.2) is 15.0 Å². The lowest BCUT2D eigenvalue weighted by Gasteiger charge is -2.21. The van der Waals surface area contributed by atoms with Crippen LogP contribution in [0.3, 0.4) is 0 Å². The Hall–Kier alpha value is -0.980. The molecule has 2 aromatic heterocycles. The number of amides is 1. The SMILES string of the molecule is CC#CC(Cc1oc2c(I)cc(Cl)nc2c1Br)NC(=O)OC(C)(C)C. The summed E-state index contributed by atoms with van der Waals surface area (Å²) in [6.07, 6.45) is -0.159. The lowest BCUT2D eigenvalue weighted by atomic mass is 10.1. The predicted molar refractivity (Wildman–Crippen MR) is 110 cm³/mol. The molecule has 0 aliphatic heterocycles. The Balaban J connectivity index is 2.26. The van der Waals surface area contributed by atoms with Gasteiger partial charge in [0.05, 0.1) is 8.04 Å². The Labute approximate surface area is 173 Å². The molecule has 0 saturated carbocycles. The molecule has 1 unspecified atom stereocenters. The molecule has 1 amide bonds. The van der Waals surface area contributed by atoms with Gasteiger partial charge in [0.25, 0.3) is 0 Å². The van der Waals surface area contributed by atoms with Crippen LogP contribution in [0.25, 0.3) is 11.1 Å². The van der Waals surface area contributed by atoms with E-state index < -0.39 is 17.7 Å². The molecular formula is C17H17BrClIN2O3. The van der Waals surface area contributed by atoms with Gasteiger partial charge in [0, 0.05) is 6.42 Å². The van der Waals surface area contributed by atoms with Crippen molar-refractivity contribution in [2.45, 2.75) is 45.8 Å². The molecular weight excluding hydrogens is 522 g/mol. The van der Waals surface area contributed by atoms with Gasteiger partial charge >= 0.3 is 6.09 Å². The van der Waals surface area contributed by atoms with Crippen molar-refractivity contribution in [2.24, 2.45) is 0 Å². The number of furan rings is 1. The second-order valence-corrected chi connectivity index (χ2v) is 8.58. The number of carbonyl (C=O) groups is 1. The number of nitrogens with one attached hydrogen (secondary N) is 1. The molecule has 0 saturated heterocycles. The van der Waals surface area contributed by atoms with Crippen molar-refractivity contribution >= 4 is 67.3 Å². The number of carbonyl (C=O) groups excluding carboxylic acids is 1. The number of ether oxygens (including phenoxy) is 1. The second-order valence-electron chi connectivity index (χ2n) is 6.24. The van der Waals surface area contributed by atoms with Crippen LogP contribution in [0.1, 0.15) is 33.5 Å². The lowest BCUT2D eigenvalue weighted by Crippen LogP contribution is -2.39.